The molecule has 0 saturated carbocycles. The van der Waals surface area contributed by atoms with Gasteiger partial charge in [-0.3, -0.25) is 14.6 Å². The summed E-state index contributed by atoms with van der Waals surface area (Å²) >= 11 is 3.65. The molecule has 0 aromatic carbocycles. The third-order valence-electron chi connectivity index (χ3n) is 5.65. The average molecular weight is 926 g/mol. The molecule has 13 N–H and O–H groups in total. The number of thiol groups is 1. The van der Waals surface area contributed by atoms with Crippen molar-refractivity contribution in [2.45, 2.75) is 54.9 Å². The second-order valence-corrected chi connectivity index (χ2v) is 10.4. The van der Waals surface area contributed by atoms with Gasteiger partial charge in [0, 0.05) is 45.0 Å². The maximum atomic E-state index is 10.4. The van der Waals surface area contributed by atoms with Crippen LogP contribution in [0.2, 0.25) is 0 Å². The van der Waals surface area contributed by atoms with Crippen molar-refractivity contribution in [2.75, 3.05) is 58.2 Å². The van der Waals surface area contributed by atoms with Crippen molar-refractivity contribution in [3.05, 3.63) is 0 Å². The van der Waals surface area contributed by atoms with Gasteiger partial charge in [0.15, 0.2) is 0 Å². The minimum Gasteiger partial charge on any atom is -0.549 e. The molecular weight excluding hydrogens is 884 g/mol. The maximum Gasteiger partial charge on any atom is 2.00 e. The molecule has 0 spiro atoms. The van der Waals surface area contributed by atoms with Gasteiger partial charge in [-0.2, -0.15) is 12.6 Å². The van der Waals surface area contributed by atoms with Crippen LogP contribution in [0.15, 0.2) is 0 Å². The van der Waals surface area contributed by atoms with E-state index in [0.717, 1.165) is 9.80 Å². The molecule has 312 valence electrons. The fourth-order valence-electron chi connectivity index (χ4n) is 2.84. The zero-order valence-electron chi connectivity index (χ0n) is 30.6. The molecule has 0 aromatic heterocycles. The van der Waals surface area contributed by atoms with Crippen LogP contribution in [-0.4, -0.2) is 296 Å². The van der Waals surface area contributed by atoms with Gasteiger partial charge in [0.05, 0.1) is 49.0 Å². The molecule has 0 aliphatic heterocycles. The van der Waals surface area contributed by atoms with Crippen LogP contribution in [0.5, 0.6) is 0 Å². The number of aliphatic carboxylic acids is 7. The summed E-state index contributed by atoms with van der Waals surface area (Å²) in [5.74, 6) is -10.9. The van der Waals surface area contributed by atoms with E-state index in [1.165, 1.54) is 0 Å². The van der Waals surface area contributed by atoms with E-state index in [2.05, 4.69) is 12.6 Å². The molecule has 0 rings (SSSR count). The van der Waals surface area contributed by atoms with Crippen LogP contribution in [0.4, 0.5) is 0 Å². The number of carbonyl (C=O) groups excluding carboxylic acids is 6. The first-order valence-electron chi connectivity index (χ1n) is 14.1. The molecule has 9 atom stereocenters. The van der Waals surface area contributed by atoms with E-state index in [1.807, 2.05) is 0 Å². The number of carbonyl (C=O) groups is 7. The molecule has 0 aromatic rings. The Morgan fingerprint density at radius 2 is 0.754 bits per heavy atom. The second-order valence-electron chi connectivity index (χ2n) is 10.0. The number of hydrogen-bond donors (Lipinski definition) is 13. The summed E-state index contributed by atoms with van der Waals surface area (Å²) in [6, 6.07) is -0.816. The monoisotopic (exact) mass is 925 g/mol. The molecule has 0 saturated heterocycles. The van der Waals surface area contributed by atoms with Crippen molar-refractivity contribution in [1.82, 2.24) is 9.80 Å². The summed E-state index contributed by atoms with van der Waals surface area (Å²) < 4.78 is 0. The SMILES string of the molecule is N[C@@H](CS)C(=O)O.O=C([O-])CN(CCN(CC(=O)[O-])CC(=O)[O-])CC(=O)[O-].O=C([O-])[C@H](O)[C@@H](O)[C@H](O)[C@H](O)CO.O=C([O-])[C@H](O)[C@@H](O)[C@H](O)[C@H](O)CO.[Ca+2].[Ca+2].[Na+].[Na+]. The maximum absolute atomic E-state index is 10.4. The average Bonchev–Trinajstić information content (AvgIpc) is 3.06. The van der Waals surface area contributed by atoms with E-state index < -0.39 is 136 Å². The summed E-state index contributed by atoms with van der Waals surface area (Å²) in [6.07, 6.45) is -16.2. The Balaban J connectivity index is -0.0000000963. The van der Waals surface area contributed by atoms with Gasteiger partial charge in [0.25, 0.3) is 0 Å². The smallest absolute Gasteiger partial charge is 0.549 e. The van der Waals surface area contributed by atoms with Crippen LogP contribution in [0.1, 0.15) is 0 Å². The largest absolute Gasteiger partial charge is 2.00 e. The topological polar surface area (TPSA) is 513 Å². The van der Waals surface area contributed by atoms with Crippen molar-refractivity contribution >= 4 is 130 Å². The van der Waals surface area contributed by atoms with Crippen molar-refractivity contribution < 1.29 is 179 Å². The zero-order valence-corrected chi connectivity index (χ0v) is 39.9. The second kappa shape index (κ2) is 43.3. The summed E-state index contributed by atoms with van der Waals surface area (Å²) in [6.45, 7) is -4.98. The molecular formula is C25H41Ca2N3Na2O24S. The standard InChI is InChI=1S/C10H16N2O8.2C6H12O7.C3H7NO2S.2Ca.2Na/c13-7(14)3-11(4-8(15)16)1-2-12(5-9(17)18)6-10(19)20;2*7-1-2(8)3(9)4(10)5(11)6(12)13;4-2(1-7)3(5)6;;;;/h1-6H2,(H,13,14)(H,15,16)(H,17,18)(H,19,20);2*2-5,7-11H,1H2,(H,12,13);2,7H,1,4H2,(H,5,6);;;;/q;;;;2*+2;2*+1/p-6/t;2*2-,3-,4+,5-;2-;;;;/m.110..../s1. The molecule has 57 heavy (non-hydrogen) atoms. The van der Waals surface area contributed by atoms with Gasteiger partial charge >= 0.3 is 141 Å². The number of aliphatic hydroxyl groups is 10. The number of carboxylic acids is 7. The number of aliphatic hydroxyl groups excluding tert-OH is 10. The van der Waals surface area contributed by atoms with Crippen LogP contribution >= 0.6 is 12.6 Å². The van der Waals surface area contributed by atoms with Gasteiger partial charge in [-0.1, -0.05) is 0 Å². The summed E-state index contributed by atoms with van der Waals surface area (Å²) in [4.78, 5) is 73.1. The van der Waals surface area contributed by atoms with E-state index >= 15 is 0 Å². The first kappa shape index (κ1) is 75.0. The van der Waals surface area contributed by atoms with Crippen LogP contribution in [0, 0.1) is 0 Å². The van der Waals surface area contributed by atoms with Crippen molar-refractivity contribution in [2.24, 2.45) is 5.73 Å². The molecule has 32 heteroatoms. The Kier molecular flexibility index (Phi) is 57.0. The Bertz CT molecular complexity index is 1040. The van der Waals surface area contributed by atoms with Gasteiger partial charge in [-0.15, -0.1) is 0 Å². The zero-order chi connectivity index (χ0) is 42.8. The molecule has 27 nitrogen and oxygen atoms in total. The minimum absolute atomic E-state index is 0. The first-order chi connectivity index (χ1) is 24.2. The molecule has 0 aliphatic carbocycles. The number of rotatable bonds is 23. The summed E-state index contributed by atoms with van der Waals surface area (Å²) in [7, 11) is 0. The molecule has 0 unspecified atom stereocenters. The van der Waals surface area contributed by atoms with E-state index in [-0.39, 0.29) is 153 Å². The van der Waals surface area contributed by atoms with Crippen LogP contribution in [0.3, 0.4) is 0 Å². The number of hydrogen-bond acceptors (Lipinski definition) is 27. The Labute approximate surface area is 432 Å². The quantitative estimate of drug-likeness (QED) is 0.0334. The van der Waals surface area contributed by atoms with E-state index in [1.54, 1.807) is 0 Å². The fraction of sp³-hybridized carbons (Fsp3) is 0.720. The Morgan fingerprint density at radius 1 is 0.526 bits per heavy atom. The number of carboxylic acid groups (broad SMARTS) is 7. The van der Waals surface area contributed by atoms with Crippen LogP contribution < -0.4 is 95.5 Å². The number of nitrogens with zero attached hydrogens (tertiary/aromatic N) is 2. The Hall–Kier alpha value is 0.639. The predicted octanol–water partition coefficient (Wildman–Crippen LogP) is -24.5. The summed E-state index contributed by atoms with van der Waals surface area (Å²) in [5, 5.41) is 156. The molecule has 0 amide bonds. The van der Waals surface area contributed by atoms with E-state index in [0.29, 0.717) is 0 Å². The Morgan fingerprint density at radius 3 is 0.877 bits per heavy atom. The van der Waals surface area contributed by atoms with Crippen molar-refractivity contribution in [3.63, 3.8) is 0 Å². The van der Waals surface area contributed by atoms with Gasteiger partial charge in [-0.25, -0.2) is 0 Å². The normalized spacial score (nSPS) is 14.7. The fourth-order valence-corrected chi connectivity index (χ4v) is 3.00. The van der Waals surface area contributed by atoms with Gasteiger partial charge in [0.2, 0.25) is 0 Å². The minimum atomic E-state index is -2.31. The van der Waals surface area contributed by atoms with Gasteiger partial charge in [-0.05, 0) is 0 Å². The van der Waals surface area contributed by atoms with Gasteiger partial charge < -0.3 is 121 Å². The third-order valence-corrected chi connectivity index (χ3v) is 6.04. The van der Waals surface area contributed by atoms with Crippen LogP contribution in [-0.2, 0) is 33.6 Å². The molecule has 0 radical (unpaired) electrons. The van der Waals surface area contributed by atoms with Gasteiger partial charge in [0.1, 0.15) is 54.9 Å². The first-order valence-corrected chi connectivity index (χ1v) is 14.8. The van der Waals surface area contributed by atoms with Crippen molar-refractivity contribution in [3.8, 4) is 0 Å². The van der Waals surface area contributed by atoms with Crippen LogP contribution in [0.25, 0.3) is 0 Å². The molecule has 0 bridgehead atoms. The van der Waals surface area contributed by atoms with Crippen molar-refractivity contribution in [1.29, 1.82) is 0 Å². The summed E-state index contributed by atoms with van der Waals surface area (Å²) in [5.41, 5.74) is 4.94. The molecule has 0 heterocycles. The predicted molar refractivity (Wildman–Crippen MR) is 166 cm³/mol. The third kappa shape index (κ3) is 41.8. The number of nitrogens with two attached hydrogens (primary N) is 1. The molecule has 0 fully saturated rings. The molecule has 0 aliphatic rings. The van der Waals surface area contributed by atoms with E-state index in [4.69, 9.17) is 61.9 Å². The van der Waals surface area contributed by atoms with E-state index in [9.17, 15) is 64.2 Å².